The van der Waals surface area contributed by atoms with Gasteiger partial charge in [0, 0.05) is 16.2 Å². The third kappa shape index (κ3) is 4.68. The molecule has 1 aromatic heterocycles. The van der Waals surface area contributed by atoms with Crippen LogP contribution in [0.3, 0.4) is 0 Å². The number of halogens is 2. The van der Waals surface area contributed by atoms with E-state index in [0.29, 0.717) is 25.0 Å². The van der Waals surface area contributed by atoms with E-state index in [9.17, 15) is 0 Å². The quantitative estimate of drug-likeness (QED) is 0.596. The third-order valence-corrected chi connectivity index (χ3v) is 2.53. The predicted octanol–water partition coefficient (Wildman–Crippen LogP) is 3.39. The minimum absolute atomic E-state index is 0.217. The largest absolute Gasteiger partial charge is 0.475 e. The van der Waals surface area contributed by atoms with Gasteiger partial charge in [0.25, 0.3) is 0 Å². The standard InChI is InChI=1S/C11H15BrClNO2/c1-8(2)15-3-4-16-11-9(6-13)5-10(12)7-14-11/h5,7-8H,3-4,6H2,1-2H3. The fourth-order valence-electron chi connectivity index (χ4n) is 1.12. The maximum atomic E-state index is 5.80. The monoisotopic (exact) mass is 307 g/mol. The molecule has 0 aromatic carbocycles. The number of hydrogen-bond donors (Lipinski definition) is 0. The molecule has 0 saturated carbocycles. The Hall–Kier alpha value is -0.320. The van der Waals surface area contributed by atoms with E-state index in [1.807, 2.05) is 19.9 Å². The molecule has 0 fully saturated rings. The van der Waals surface area contributed by atoms with Gasteiger partial charge in [0.1, 0.15) is 6.61 Å². The summed E-state index contributed by atoms with van der Waals surface area (Å²) in [5.74, 6) is 0.956. The van der Waals surface area contributed by atoms with Gasteiger partial charge in [-0.3, -0.25) is 0 Å². The van der Waals surface area contributed by atoms with Gasteiger partial charge in [-0.1, -0.05) is 0 Å². The Morgan fingerprint density at radius 1 is 1.44 bits per heavy atom. The van der Waals surface area contributed by atoms with Crippen molar-refractivity contribution in [1.29, 1.82) is 0 Å². The van der Waals surface area contributed by atoms with Crippen molar-refractivity contribution in [2.75, 3.05) is 13.2 Å². The Morgan fingerprint density at radius 2 is 2.19 bits per heavy atom. The molecule has 3 nitrogen and oxygen atoms in total. The lowest BCUT2D eigenvalue weighted by molar-refractivity contribution is 0.0541. The summed E-state index contributed by atoms with van der Waals surface area (Å²) < 4.78 is 11.8. The second-order valence-corrected chi connectivity index (χ2v) is 4.70. The first-order valence-electron chi connectivity index (χ1n) is 5.08. The highest BCUT2D eigenvalue weighted by Gasteiger charge is 2.05. The van der Waals surface area contributed by atoms with E-state index in [0.717, 1.165) is 10.0 Å². The van der Waals surface area contributed by atoms with E-state index in [4.69, 9.17) is 21.1 Å². The number of ether oxygens (including phenoxy) is 2. The Labute approximate surface area is 109 Å². The van der Waals surface area contributed by atoms with Crippen molar-refractivity contribution >= 4 is 27.5 Å². The summed E-state index contributed by atoms with van der Waals surface area (Å²) in [5.41, 5.74) is 0.876. The summed E-state index contributed by atoms with van der Waals surface area (Å²) in [4.78, 5) is 4.16. The lowest BCUT2D eigenvalue weighted by Crippen LogP contribution is -2.12. The molecule has 0 spiro atoms. The smallest absolute Gasteiger partial charge is 0.217 e. The van der Waals surface area contributed by atoms with Crippen LogP contribution in [0.4, 0.5) is 0 Å². The van der Waals surface area contributed by atoms with Gasteiger partial charge in [-0.25, -0.2) is 4.98 Å². The van der Waals surface area contributed by atoms with Crippen molar-refractivity contribution in [3.63, 3.8) is 0 Å². The minimum Gasteiger partial charge on any atom is -0.475 e. The third-order valence-electron chi connectivity index (χ3n) is 1.81. The zero-order chi connectivity index (χ0) is 12.0. The zero-order valence-corrected chi connectivity index (χ0v) is 11.7. The van der Waals surface area contributed by atoms with Gasteiger partial charge in [0.15, 0.2) is 0 Å². The van der Waals surface area contributed by atoms with Gasteiger partial charge in [-0.05, 0) is 35.8 Å². The second kappa shape index (κ2) is 7.09. The van der Waals surface area contributed by atoms with E-state index in [1.54, 1.807) is 6.20 Å². The molecule has 90 valence electrons. The van der Waals surface area contributed by atoms with E-state index in [2.05, 4.69) is 20.9 Å². The van der Waals surface area contributed by atoms with Crippen molar-refractivity contribution in [1.82, 2.24) is 4.98 Å². The molecule has 0 aliphatic rings. The SMILES string of the molecule is CC(C)OCCOc1ncc(Br)cc1CCl. The first-order chi connectivity index (χ1) is 7.63. The highest BCUT2D eigenvalue weighted by atomic mass is 79.9. The summed E-state index contributed by atoms with van der Waals surface area (Å²) in [6.07, 6.45) is 1.91. The minimum atomic E-state index is 0.217. The summed E-state index contributed by atoms with van der Waals surface area (Å²) in [6, 6.07) is 1.90. The first-order valence-corrected chi connectivity index (χ1v) is 6.41. The Bertz CT molecular complexity index is 334. The number of rotatable bonds is 6. The molecule has 0 radical (unpaired) electrons. The lowest BCUT2D eigenvalue weighted by Gasteiger charge is -2.10. The molecule has 0 atom stereocenters. The van der Waals surface area contributed by atoms with Crippen LogP contribution in [0.5, 0.6) is 5.88 Å². The van der Waals surface area contributed by atoms with Crippen LogP contribution in [0.2, 0.25) is 0 Å². The highest BCUT2D eigenvalue weighted by molar-refractivity contribution is 9.10. The molecule has 0 unspecified atom stereocenters. The average molecular weight is 309 g/mol. The van der Waals surface area contributed by atoms with E-state index >= 15 is 0 Å². The topological polar surface area (TPSA) is 31.4 Å². The summed E-state index contributed by atoms with van der Waals surface area (Å²) in [5, 5.41) is 0. The molecular weight excluding hydrogens is 293 g/mol. The van der Waals surface area contributed by atoms with Crippen molar-refractivity contribution in [2.45, 2.75) is 25.8 Å². The number of hydrogen-bond acceptors (Lipinski definition) is 3. The molecule has 0 saturated heterocycles. The van der Waals surface area contributed by atoms with Gasteiger partial charge in [0.2, 0.25) is 5.88 Å². The molecule has 0 N–H and O–H groups in total. The molecule has 0 bridgehead atoms. The Kier molecular flexibility index (Phi) is 6.09. The number of pyridine rings is 1. The number of nitrogens with zero attached hydrogens (tertiary/aromatic N) is 1. The van der Waals surface area contributed by atoms with Crippen LogP contribution in [0.25, 0.3) is 0 Å². The van der Waals surface area contributed by atoms with Gasteiger partial charge in [-0.15, -0.1) is 11.6 Å². The zero-order valence-electron chi connectivity index (χ0n) is 9.37. The molecule has 1 aromatic rings. The van der Waals surface area contributed by atoms with Crippen molar-refractivity contribution in [3.05, 3.63) is 22.3 Å². The average Bonchev–Trinajstić information content (AvgIpc) is 2.25. The molecule has 16 heavy (non-hydrogen) atoms. The number of aromatic nitrogens is 1. The van der Waals surface area contributed by atoms with Crippen LogP contribution in [0, 0.1) is 0 Å². The molecule has 1 heterocycles. The van der Waals surface area contributed by atoms with Crippen molar-refractivity contribution in [2.24, 2.45) is 0 Å². The van der Waals surface area contributed by atoms with E-state index in [-0.39, 0.29) is 6.10 Å². The molecule has 1 rings (SSSR count). The fraction of sp³-hybridized carbons (Fsp3) is 0.545. The maximum absolute atomic E-state index is 5.80. The van der Waals surface area contributed by atoms with Gasteiger partial charge in [0.05, 0.1) is 18.6 Å². The van der Waals surface area contributed by atoms with E-state index in [1.165, 1.54) is 0 Å². The lowest BCUT2D eigenvalue weighted by atomic mass is 10.3. The normalized spacial score (nSPS) is 10.8. The highest BCUT2D eigenvalue weighted by Crippen LogP contribution is 2.21. The van der Waals surface area contributed by atoms with Crippen molar-refractivity contribution < 1.29 is 9.47 Å². The van der Waals surface area contributed by atoms with Crippen LogP contribution in [-0.4, -0.2) is 24.3 Å². The summed E-state index contributed by atoms with van der Waals surface area (Å²) >= 11 is 9.13. The molecule has 0 aliphatic heterocycles. The van der Waals surface area contributed by atoms with Crippen LogP contribution < -0.4 is 4.74 Å². The van der Waals surface area contributed by atoms with Crippen LogP contribution in [0.1, 0.15) is 19.4 Å². The van der Waals surface area contributed by atoms with Gasteiger partial charge in [-0.2, -0.15) is 0 Å². The second-order valence-electron chi connectivity index (χ2n) is 3.52. The van der Waals surface area contributed by atoms with Crippen LogP contribution in [-0.2, 0) is 10.6 Å². The first kappa shape index (κ1) is 13.7. The van der Waals surface area contributed by atoms with Crippen LogP contribution in [0.15, 0.2) is 16.7 Å². The van der Waals surface area contributed by atoms with Gasteiger partial charge >= 0.3 is 0 Å². The summed E-state index contributed by atoms with van der Waals surface area (Å²) in [7, 11) is 0. The van der Waals surface area contributed by atoms with Crippen LogP contribution >= 0.6 is 27.5 Å². The Morgan fingerprint density at radius 3 is 2.81 bits per heavy atom. The molecular formula is C11H15BrClNO2. The molecule has 5 heteroatoms. The molecule has 0 aliphatic carbocycles. The Balaban J connectivity index is 2.47. The molecule has 0 amide bonds. The number of alkyl halides is 1. The summed E-state index contributed by atoms with van der Waals surface area (Å²) in [6.45, 7) is 5.01. The van der Waals surface area contributed by atoms with Crippen molar-refractivity contribution in [3.8, 4) is 5.88 Å². The predicted molar refractivity (Wildman–Crippen MR) is 68.1 cm³/mol. The maximum Gasteiger partial charge on any atom is 0.217 e. The van der Waals surface area contributed by atoms with Gasteiger partial charge < -0.3 is 9.47 Å². The van der Waals surface area contributed by atoms with E-state index < -0.39 is 0 Å². The fourth-order valence-corrected chi connectivity index (χ4v) is 1.69.